The molecular weight excluding hydrogens is 332 g/mol. The van der Waals surface area contributed by atoms with E-state index in [1.165, 1.54) is 13.2 Å². The quantitative estimate of drug-likeness (QED) is 0.748. The van der Waals surface area contributed by atoms with Crippen LogP contribution in [0, 0.1) is 0 Å². The fourth-order valence-corrected chi connectivity index (χ4v) is 2.38. The summed E-state index contributed by atoms with van der Waals surface area (Å²) in [5.41, 5.74) is 1.25. The Bertz CT molecular complexity index is 722. The van der Waals surface area contributed by atoms with Crippen LogP contribution in [-0.4, -0.2) is 30.3 Å². The van der Waals surface area contributed by atoms with Gasteiger partial charge < -0.3 is 20.5 Å². The summed E-state index contributed by atoms with van der Waals surface area (Å²) in [6.45, 7) is 0. The zero-order valence-electron chi connectivity index (χ0n) is 13.0. The SMILES string of the molecule is COc1ccc(NC(=O)N[C@@H](Cc2ccccc2)C(=O)O)cc1Cl. The van der Waals surface area contributed by atoms with E-state index < -0.39 is 18.0 Å². The summed E-state index contributed by atoms with van der Waals surface area (Å²) in [5, 5.41) is 14.6. The number of urea groups is 1. The minimum atomic E-state index is -1.11. The maximum Gasteiger partial charge on any atom is 0.326 e. The number of methoxy groups -OCH3 is 1. The lowest BCUT2D eigenvalue weighted by atomic mass is 10.1. The molecule has 2 rings (SSSR count). The second kappa shape index (κ2) is 8.21. The largest absolute Gasteiger partial charge is 0.495 e. The number of hydrogen-bond donors (Lipinski definition) is 3. The molecule has 7 heteroatoms. The number of carbonyl (C=O) groups is 2. The van der Waals surface area contributed by atoms with Crippen molar-refractivity contribution >= 4 is 29.3 Å². The molecule has 1 atom stereocenters. The van der Waals surface area contributed by atoms with Gasteiger partial charge in [0, 0.05) is 12.1 Å². The lowest BCUT2D eigenvalue weighted by Crippen LogP contribution is -2.44. The van der Waals surface area contributed by atoms with Crippen molar-refractivity contribution in [2.24, 2.45) is 0 Å². The third kappa shape index (κ3) is 4.89. The van der Waals surface area contributed by atoms with E-state index in [0.29, 0.717) is 16.5 Å². The summed E-state index contributed by atoms with van der Waals surface area (Å²) in [6, 6.07) is 12.1. The van der Waals surface area contributed by atoms with Crippen LogP contribution in [0.2, 0.25) is 5.02 Å². The van der Waals surface area contributed by atoms with Gasteiger partial charge in [-0.25, -0.2) is 9.59 Å². The molecule has 6 nitrogen and oxygen atoms in total. The Labute approximate surface area is 144 Å². The first kappa shape index (κ1) is 17.6. The average molecular weight is 349 g/mol. The molecule has 0 aliphatic rings. The van der Waals surface area contributed by atoms with Gasteiger partial charge in [-0.15, -0.1) is 0 Å². The highest BCUT2D eigenvalue weighted by molar-refractivity contribution is 6.32. The minimum Gasteiger partial charge on any atom is -0.495 e. The van der Waals surface area contributed by atoms with E-state index in [1.807, 2.05) is 18.2 Å². The van der Waals surface area contributed by atoms with Gasteiger partial charge in [0.2, 0.25) is 0 Å². The monoisotopic (exact) mass is 348 g/mol. The maximum absolute atomic E-state index is 12.0. The van der Waals surface area contributed by atoms with Gasteiger partial charge in [-0.1, -0.05) is 41.9 Å². The van der Waals surface area contributed by atoms with Gasteiger partial charge in [0.15, 0.2) is 0 Å². The molecule has 2 amide bonds. The van der Waals surface area contributed by atoms with E-state index >= 15 is 0 Å². The van der Waals surface area contributed by atoms with Crippen LogP contribution in [0.15, 0.2) is 48.5 Å². The highest BCUT2D eigenvalue weighted by Gasteiger charge is 2.20. The number of rotatable bonds is 6. The number of carboxylic acid groups (broad SMARTS) is 1. The number of carbonyl (C=O) groups excluding carboxylic acids is 1. The Morgan fingerprint density at radius 1 is 1.21 bits per heavy atom. The first-order valence-corrected chi connectivity index (χ1v) is 7.55. The van der Waals surface area contributed by atoms with Crippen molar-refractivity contribution in [1.82, 2.24) is 5.32 Å². The first-order valence-electron chi connectivity index (χ1n) is 7.17. The highest BCUT2D eigenvalue weighted by atomic mass is 35.5. The van der Waals surface area contributed by atoms with Crippen LogP contribution in [0.5, 0.6) is 5.75 Å². The number of benzene rings is 2. The van der Waals surface area contributed by atoms with Crippen LogP contribution in [0.3, 0.4) is 0 Å². The van der Waals surface area contributed by atoms with Crippen LogP contribution in [0.25, 0.3) is 0 Å². The molecule has 0 heterocycles. The molecule has 2 aromatic rings. The van der Waals surface area contributed by atoms with Crippen LogP contribution in [-0.2, 0) is 11.2 Å². The van der Waals surface area contributed by atoms with Gasteiger partial charge in [0.1, 0.15) is 11.8 Å². The molecule has 0 aliphatic heterocycles. The van der Waals surface area contributed by atoms with Crippen LogP contribution in [0.4, 0.5) is 10.5 Å². The molecular formula is C17H17ClN2O4. The summed E-state index contributed by atoms with van der Waals surface area (Å²) in [7, 11) is 1.49. The predicted molar refractivity (Wildman–Crippen MR) is 91.7 cm³/mol. The summed E-state index contributed by atoms with van der Waals surface area (Å²) < 4.78 is 5.03. The molecule has 0 radical (unpaired) electrons. The molecule has 2 aromatic carbocycles. The highest BCUT2D eigenvalue weighted by Crippen LogP contribution is 2.27. The van der Waals surface area contributed by atoms with Crippen LogP contribution >= 0.6 is 11.6 Å². The van der Waals surface area contributed by atoms with Crippen LogP contribution in [0.1, 0.15) is 5.56 Å². The van der Waals surface area contributed by atoms with E-state index in [0.717, 1.165) is 5.56 Å². The molecule has 24 heavy (non-hydrogen) atoms. The van der Waals surface area contributed by atoms with Gasteiger partial charge in [-0.05, 0) is 23.8 Å². The second-order valence-electron chi connectivity index (χ2n) is 5.03. The standard InChI is InChI=1S/C17H17ClN2O4/c1-24-15-8-7-12(10-13(15)18)19-17(23)20-14(16(21)22)9-11-5-3-2-4-6-11/h2-8,10,14H,9H2,1H3,(H,21,22)(H2,19,20,23)/t14-/m0/s1. The van der Waals surface area contributed by atoms with E-state index in [4.69, 9.17) is 16.3 Å². The number of amides is 2. The van der Waals surface area contributed by atoms with Crippen molar-refractivity contribution in [2.75, 3.05) is 12.4 Å². The number of aliphatic carboxylic acids is 1. The van der Waals surface area contributed by atoms with Crippen molar-refractivity contribution in [3.05, 3.63) is 59.1 Å². The Morgan fingerprint density at radius 3 is 2.50 bits per heavy atom. The Hall–Kier alpha value is -2.73. The van der Waals surface area contributed by atoms with Gasteiger partial charge in [-0.3, -0.25) is 0 Å². The van der Waals surface area contributed by atoms with Crippen molar-refractivity contribution in [1.29, 1.82) is 0 Å². The third-order valence-corrected chi connectivity index (χ3v) is 3.59. The number of nitrogens with one attached hydrogen (secondary N) is 2. The number of hydrogen-bond acceptors (Lipinski definition) is 3. The third-order valence-electron chi connectivity index (χ3n) is 3.30. The Balaban J connectivity index is 2.00. The van der Waals surface area contributed by atoms with Crippen molar-refractivity contribution in [2.45, 2.75) is 12.5 Å². The minimum absolute atomic E-state index is 0.187. The molecule has 0 saturated carbocycles. The average Bonchev–Trinajstić information content (AvgIpc) is 2.55. The number of carboxylic acids is 1. The number of ether oxygens (including phenoxy) is 1. The van der Waals surface area contributed by atoms with Gasteiger partial charge in [-0.2, -0.15) is 0 Å². The molecule has 0 fully saturated rings. The fourth-order valence-electron chi connectivity index (χ4n) is 2.12. The summed E-state index contributed by atoms with van der Waals surface area (Å²) >= 11 is 5.99. The second-order valence-corrected chi connectivity index (χ2v) is 5.44. The van der Waals surface area contributed by atoms with Gasteiger partial charge in [0.05, 0.1) is 12.1 Å². The Morgan fingerprint density at radius 2 is 1.92 bits per heavy atom. The topological polar surface area (TPSA) is 87.7 Å². The molecule has 0 aliphatic carbocycles. The van der Waals surface area contributed by atoms with Crippen molar-refractivity contribution in [3.8, 4) is 5.75 Å². The van der Waals surface area contributed by atoms with Crippen molar-refractivity contribution < 1.29 is 19.4 Å². The summed E-state index contributed by atoms with van der Waals surface area (Å²) in [5.74, 6) is -0.628. The smallest absolute Gasteiger partial charge is 0.326 e. The lowest BCUT2D eigenvalue weighted by Gasteiger charge is -2.15. The fraction of sp³-hybridized carbons (Fsp3) is 0.176. The van der Waals surface area contributed by atoms with Gasteiger partial charge in [0.25, 0.3) is 0 Å². The van der Waals surface area contributed by atoms with E-state index in [1.54, 1.807) is 24.3 Å². The first-order chi connectivity index (χ1) is 11.5. The Kier molecular flexibility index (Phi) is 6.03. The van der Waals surface area contributed by atoms with E-state index in [-0.39, 0.29) is 6.42 Å². The zero-order chi connectivity index (χ0) is 17.5. The number of halogens is 1. The van der Waals surface area contributed by atoms with E-state index in [2.05, 4.69) is 10.6 Å². The zero-order valence-corrected chi connectivity index (χ0v) is 13.7. The summed E-state index contributed by atoms with van der Waals surface area (Å²) in [4.78, 5) is 23.4. The van der Waals surface area contributed by atoms with Crippen molar-refractivity contribution in [3.63, 3.8) is 0 Å². The lowest BCUT2D eigenvalue weighted by molar-refractivity contribution is -0.139. The molecule has 0 bridgehead atoms. The molecule has 0 unspecified atom stereocenters. The predicted octanol–water partition coefficient (Wildman–Crippen LogP) is 3.17. The molecule has 126 valence electrons. The molecule has 0 spiro atoms. The molecule has 0 aromatic heterocycles. The number of anilines is 1. The maximum atomic E-state index is 12.0. The molecule has 0 saturated heterocycles. The normalized spacial score (nSPS) is 11.4. The summed E-state index contributed by atoms with van der Waals surface area (Å²) in [6.07, 6.45) is 0.187. The molecule has 3 N–H and O–H groups in total. The van der Waals surface area contributed by atoms with Gasteiger partial charge >= 0.3 is 12.0 Å². The van der Waals surface area contributed by atoms with Crippen LogP contribution < -0.4 is 15.4 Å². The van der Waals surface area contributed by atoms with E-state index in [9.17, 15) is 14.7 Å².